The van der Waals surface area contributed by atoms with Crippen LogP contribution in [-0.4, -0.2) is 9.13 Å². The first-order chi connectivity index (χ1) is 19.3. The fourth-order valence-electron chi connectivity index (χ4n) is 6.06. The Morgan fingerprint density at radius 2 is 0.718 bits per heavy atom. The summed E-state index contributed by atoms with van der Waals surface area (Å²) in [5.41, 5.74) is 9.48. The Balaban J connectivity index is 1.50. The highest BCUT2D eigenvalue weighted by Crippen LogP contribution is 2.37. The molecule has 0 aliphatic heterocycles. The van der Waals surface area contributed by atoms with Gasteiger partial charge < -0.3 is 9.13 Å². The minimum absolute atomic E-state index is 1.08. The third kappa shape index (κ3) is 3.47. The van der Waals surface area contributed by atoms with Crippen LogP contribution in [0.1, 0.15) is 0 Å². The summed E-state index contributed by atoms with van der Waals surface area (Å²) in [5, 5.41) is 5.06. The van der Waals surface area contributed by atoms with Crippen molar-refractivity contribution in [1.29, 1.82) is 0 Å². The molecule has 8 rings (SSSR count). The van der Waals surface area contributed by atoms with Gasteiger partial charge in [0.2, 0.25) is 0 Å². The Morgan fingerprint density at radius 1 is 0.359 bits per heavy atom. The first-order valence-electron chi connectivity index (χ1n) is 13.1. The topological polar surface area (TPSA) is 9.86 Å². The molecule has 8 aromatic rings. The molecule has 39 heavy (non-hydrogen) atoms. The molecule has 0 saturated heterocycles. The van der Waals surface area contributed by atoms with Gasteiger partial charge in [-0.05, 0) is 65.7 Å². The van der Waals surface area contributed by atoms with Crippen LogP contribution in [0.2, 0.25) is 0 Å². The number of aromatic nitrogens is 2. The Kier molecular flexibility index (Phi) is 5.01. The largest absolute Gasteiger partial charge is 0.309 e. The van der Waals surface area contributed by atoms with Gasteiger partial charge in [-0.3, -0.25) is 0 Å². The molecule has 0 N–H and O–H groups in total. The summed E-state index contributed by atoms with van der Waals surface area (Å²) in [6.45, 7) is 0. The number of para-hydroxylation sites is 4. The van der Waals surface area contributed by atoms with Crippen molar-refractivity contribution in [2.75, 3.05) is 0 Å². The first-order valence-corrected chi connectivity index (χ1v) is 13.9. The van der Waals surface area contributed by atoms with E-state index in [1.807, 2.05) is 0 Å². The molecule has 3 heteroatoms. The van der Waals surface area contributed by atoms with Gasteiger partial charge in [0.1, 0.15) is 0 Å². The van der Waals surface area contributed by atoms with Crippen molar-refractivity contribution in [2.45, 2.75) is 0 Å². The molecule has 2 heterocycles. The lowest BCUT2D eigenvalue weighted by molar-refractivity contribution is 1.13. The average molecular weight is 563 g/mol. The van der Waals surface area contributed by atoms with Crippen LogP contribution in [0, 0.1) is 0 Å². The maximum atomic E-state index is 3.61. The second kappa shape index (κ2) is 8.72. The number of benzene rings is 6. The molecule has 0 saturated carbocycles. The number of rotatable bonds is 3. The minimum atomic E-state index is 1.08. The van der Waals surface area contributed by atoms with Crippen LogP contribution in [0.4, 0.5) is 0 Å². The van der Waals surface area contributed by atoms with E-state index in [0.29, 0.717) is 0 Å². The molecule has 184 valence electrons. The van der Waals surface area contributed by atoms with Gasteiger partial charge in [-0.25, -0.2) is 0 Å². The standard InChI is InChI=1S/C36H23BrN2/c37-26-19-17-24(18-20-26)25-21-27(38-33-13-5-1-9-29(33)30-10-2-6-14-34(30)38)23-28(22-25)39-35-15-7-3-11-31(35)32-12-4-8-16-36(32)39/h1-23H. The Hall–Kier alpha value is -4.60. The summed E-state index contributed by atoms with van der Waals surface area (Å²) in [6.07, 6.45) is 0. The van der Waals surface area contributed by atoms with E-state index in [9.17, 15) is 0 Å². The number of hydrogen-bond acceptors (Lipinski definition) is 0. The molecule has 0 aliphatic carbocycles. The highest BCUT2D eigenvalue weighted by molar-refractivity contribution is 9.10. The van der Waals surface area contributed by atoms with E-state index in [-0.39, 0.29) is 0 Å². The van der Waals surface area contributed by atoms with Gasteiger partial charge >= 0.3 is 0 Å². The zero-order valence-corrected chi connectivity index (χ0v) is 22.6. The van der Waals surface area contributed by atoms with E-state index in [4.69, 9.17) is 0 Å². The molecule has 0 fully saturated rings. The van der Waals surface area contributed by atoms with Crippen molar-refractivity contribution >= 4 is 59.5 Å². The van der Waals surface area contributed by atoms with Crippen molar-refractivity contribution in [2.24, 2.45) is 0 Å². The predicted octanol–water partition coefficient (Wildman–Crippen LogP) is 10.3. The van der Waals surface area contributed by atoms with Gasteiger partial charge in [0.25, 0.3) is 0 Å². The van der Waals surface area contributed by atoms with Crippen LogP contribution in [0.5, 0.6) is 0 Å². The van der Waals surface area contributed by atoms with Crippen molar-refractivity contribution in [3.05, 3.63) is 144 Å². The Morgan fingerprint density at radius 3 is 1.10 bits per heavy atom. The summed E-state index contributed by atoms with van der Waals surface area (Å²) >= 11 is 3.61. The average Bonchev–Trinajstić information content (AvgIpc) is 3.51. The molecule has 2 nitrogen and oxygen atoms in total. The number of nitrogens with zero attached hydrogens (tertiary/aromatic N) is 2. The third-order valence-corrected chi connectivity index (χ3v) is 8.29. The summed E-state index contributed by atoms with van der Waals surface area (Å²) < 4.78 is 5.89. The van der Waals surface area contributed by atoms with Gasteiger partial charge in [-0.2, -0.15) is 0 Å². The molecular formula is C36H23BrN2. The highest BCUT2D eigenvalue weighted by atomic mass is 79.9. The molecule has 0 spiro atoms. The molecule has 0 bridgehead atoms. The molecule has 0 aliphatic rings. The van der Waals surface area contributed by atoms with E-state index in [1.165, 1.54) is 54.7 Å². The Labute approximate surface area is 234 Å². The normalized spacial score (nSPS) is 11.7. The zero-order chi connectivity index (χ0) is 25.9. The summed E-state index contributed by atoms with van der Waals surface area (Å²) in [6, 6.07) is 50.4. The van der Waals surface area contributed by atoms with Crippen molar-refractivity contribution in [3.63, 3.8) is 0 Å². The van der Waals surface area contributed by atoms with E-state index >= 15 is 0 Å². The van der Waals surface area contributed by atoms with E-state index in [0.717, 1.165) is 15.8 Å². The second-order valence-corrected chi connectivity index (χ2v) is 10.9. The van der Waals surface area contributed by atoms with Crippen LogP contribution in [0.15, 0.2) is 144 Å². The van der Waals surface area contributed by atoms with E-state index in [2.05, 4.69) is 165 Å². The molecule has 0 atom stereocenters. The number of halogens is 1. The molecule has 0 unspecified atom stereocenters. The van der Waals surface area contributed by atoms with Crippen molar-refractivity contribution < 1.29 is 0 Å². The molecule has 0 radical (unpaired) electrons. The van der Waals surface area contributed by atoms with Gasteiger partial charge in [-0.1, -0.05) is 101 Å². The summed E-state index contributed by atoms with van der Waals surface area (Å²) in [5.74, 6) is 0. The quantitative estimate of drug-likeness (QED) is 0.202. The van der Waals surface area contributed by atoms with Gasteiger partial charge in [0, 0.05) is 37.4 Å². The van der Waals surface area contributed by atoms with Gasteiger partial charge in [0.05, 0.1) is 22.1 Å². The fourth-order valence-corrected chi connectivity index (χ4v) is 6.33. The monoisotopic (exact) mass is 562 g/mol. The van der Waals surface area contributed by atoms with Crippen molar-refractivity contribution in [1.82, 2.24) is 9.13 Å². The smallest absolute Gasteiger partial charge is 0.0541 e. The SMILES string of the molecule is Brc1ccc(-c2cc(-n3c4ccccc4c4ccccc43)cc(-n3c4ccccc4c4ccccc43)c2)cc1. The third-order valence-electron chi connectivity index (χ3n) is 7.76. The Bertz CT molecular complexity index is 1940. The van der Waals surface area contributed by atoms with Crippen LogP contribution >= 0.6 is 15.9 Å². The highest BCUT2D eigenvalue weighted by Gasteiger charge is 2.16. The van der Waals surface area contributed by atoms with Gasteiger partial charge in [0.15, 0.2) is 0 Å². The maximum Gasteiger partial charge on any atom is 0.0541 e. The fraction of sp³-hybridized carbons (Fsp3) is 0. The van der Waals surface area contributed by atoms with E-state index in [1.54, 1.807) is 0 Å². The second-order valence-electron chi connectivity index (χ2n) is 9.98. The van der Waals surface area contributed by atoms with Crippen LogP contribution in [0.25, 0.3) is 66.1 Å². The maximum absolute atomic E-state index is 3.61. The minimum Gasteiger partial charge on any atom is -0.309 e. The number of fused-ring (bicyclic) bond motifs is 6. The number of hydrogen-bond donors (Lipinski definition) is 0. The zero-order valence-electron chi connectivity index (χ0n) is 21.1. The van der Waals surface area contributed by atoms with Crippen molar-refractivity contribution in [3.8, 4) is 22.5 Å². The molecule has 0 amide bonds. The predicted molar refractivity (Wildman–Crippen MR) is 168 cm³/mol. The molecular weight excluding hydrogens is 540 g/mol. The van der Waals surface area contributed by atoms with Gasteiger partial charge in [-0.15, -0.1) is 0 Å². The van der Waals surface area contributed by atoms with Crippen LogP contribution in [0.3, 0.4) is 0 Å². The lowest BCUT2D eigenvalue weighted by Crippen LogP contribution is -2.00. The van der Waals surface area contributed by atoms with Crippen LogP contribution < -0.4 is 0 Å². The summed E-state index contributed by atoms with van der Waals surface area (Å²) in [7, 11) is 0. The lowest BCUT2D eigenvalue weighted by Gasteiger charge is -2.16. The molecule has 6 aromatic carbocycles. The lowest BCUT2D eigenvalue weighted by atomic mass is 10.0. The molecule has 2 aromatic heterocycles. The first kappa shape index (κ1) is 22.4. The van der Waals surface area contributed by atoms with E-state index < -0.39 is 0 Å². The van der Waals surface area contributed by atoms with Crippen LogP contribution in [-0.2, 0) is 0 Å². The summed E-state index contributed by atoms with van der Waals surface area (Å²) in [4.78, 5) is 0.